The number of cyclic esters (lactones) is 1. The van der Waals surface area contributed by atoms with Crippen molar-refractivity contribution in [2.24, 2.45) is 5.16 Å². The molecule has 0 aliphatic carbocycles. The van der Waals surface area contributed by atoms with Gasteiger partial charge < -0.3 is 20.2 Å². The number of ether oxygens (including phenoxy) is 1. The summed E-state index contributed by atoms with van der Waals surface area (Å²) in [6.45, 7) is 2.14. The topological polar surface area (TPSA) is 94.5 Å². The lowest BCUT2D eigenvalue weighted by molar-refractivity contribution is -0.119. The molecule has 2 heterocycles. The molecule has 0 radical (unpaired) electrons. The van der Waals surface area contributed by atoms with Gasteiger partial charge in [0, 0.05) is 31.8 Å². The van der Waals surface area contributed by atoms with Crippen LogP contribution < -0.4 is 15.1 Å². The summed E-state index contributed by atoms with van der Waals surface area (Å²) in [5.41, 5.74) is 2.81. The zero-order valence-electron chi connectivity index (χ0n) is 13.7. The predicted octanol–water partition coefficient (Wildman–Crippen LogP) is 1.32. The van der Waals surface area contributed by atoms with Gasteiger partial charge in [0.15, 0.2) is 0 Å². The number of amidine groups is 1. The van der Waals surface area contributed by atoms with Crippen molar-refractivity contribution in [2.45, 2.75) is 25.9 Å². The molecule has 3 rings (SSSR count). The summed E-state index contributed by atoms with van der Waals surface area (Å²) in [5, 5.41) is 15.0. The Hall–Kier alpha value is -2.77. The van der Waals surface area contributed by atoms with Gasteiger partial charge in [-0.2, -0.15) is 0 Å². The molecular weight excluding hydrogens is 312 g/mol. The Morgan fingerprint density at radius 3 is 2.96 bits per heavy atom. The Balaban J connectivity index is 1.77. The van der Waals surface area contributed by atoms with Crippen molar-refractivity contribution in [3.8, 4) is 0 Å². The molecule has 0 saturated carbocycles. The average molecular weight is 332 g/mol. The molecule has 2 amide bonds. The van der Waals surface area contributed by atoms with Crippen LogP contribution in [0.5, 0.6) is 0 Å². The summed E-state index contributed by atoms with van der Waals surface area (Å²) < 4.78 is 5.29. The minimum absolute atomic E-state index is 0.150. The lowest BCUT2D eigenvalue weighted by atomic mass is 10.0. The fourth-order valence-electron chi connectivity index (χ4n) is 3.03. The molecule has 24 heavy (non-hydrogen) atoms. The van der Waals surface area contributed by atoms with Crippen molar-refractivity contribution < 1.29 is 19.5 Å². The third-order valence-electron chi connectivity index (χ3n) is 4.31. The molecule has 1 aromatic rings. The zero-order chi connectivity index (χ0) is 17.3. The number of nitrogens with zero attached hydrogens (tertiary/aromatic N) is 3. The van der Waals surface area contributed by atoms with Gasteiger partial charge in [0.1, 0.15) is 11.9 Å². The normalized spacial score (nSPS) is 21.7. The number of nitrogens with one attached hydrogen (secondary N) is 1. The highest BCUT2D eigenvalue weighted by molar-refractivity contribution is 6.00. The SMILES string of the molecule is CC(=O)NC[C@H]1CN(c2ccc3c(c2)CCC(=NO)N3C)C(=O)O1. The molecule has 8 nitrogen and oxygen atoms in total. The van der Waals surface area contributed by atoms with Crippen LogP contribution in [0.15, 0.2) is 23.4 Å². The van der Waals surface area contributed by atoms with Crippen molar-refractivity contribution in [1.29, 1.82) is 0 Å². The number of carbonyl (C=O) groups is 2. The molecule has 0 unspecified atom stereocenters. The van der Waals surface area contributed by atoms with E-state index in [0.29, 0.717) is 25.3 Å². The predicted molar refractivity (Wildman–Crippen MR) is 88.7 cm³/mol. The maximum atomic E-state index is 12.1. The van der Waals surface area contributed by atoms with Crippen LogP contribution in [0.2, 0.25) is 0 Å². The molecule has 1 fully saturated rings. The van der Waals surface area contributed by atoms with Crippen molar-refractivity contribution >= 4 is 29.2 Å². The Kier molecular flexibility index (Phi) is 4.28. The summed E-state index contributed by atoms with van der Waals surface area (Å²) in [6, 6.07) is 5.71. The second-order valence-electron chi connectivity index (χ2n) is 5.94. The van der Waals surface area contributed by atoms with E-state index in [2.05, 4.69) is 10.5 Å². The first-order valence-electron chi connectivity index (χ1n) is 7.79. The van der Waals surface area contributed by atoms with Gasteiger partial charge in [-0.3, -0.25) is 9.69 Å². The molecule has 8 heteroatoms. The van der Waals surface area contributed by atoms with Gasteiger partial charge in [-0.1, -0.05) is 5.16 Å². The van der Waals surface area contributed by atoms with Crippen LogP contribution in [0.3, 0.4) is 0 Å². The number of anilines is 2. The largest absolute Gasteiger partial charge is 0.442 e. The summed E-state index contributed by atoms with van der Waals surface area (Å²) >= 11 is 0. The van der Waals surface area contributed by atoms with E-state index >= 15 is 0 Å². The fraction of sp³-hybridized carbons (Fsp3) is 0.438. The summed E-state index contributed by atoms with van der Waals surface area (Å²) in [5.74, 6) is 0.467. The molecule has 128 valence electrons. The Morgan fingerprint density at radius 1 is 1.46 bits per heavy atom. The maximum absolute atomic E-state index is 12.1. The van der Waals surface area contributed by atoms with E-state index in [1.165, 1.54) is 6.92 Å². The van der Waals surface area contributed by atoms with Gasteiger partial charge in [0.25, 0.3) is 0 Å². The molecular formula is C16H20N4O4. The van der Waals surface area contributed by atoms with Crippen LogP contribution >= 0.6 is 0 Å². The summed E-state index contributed by atoms with van der Waals surface area (Å²) in [4.78, 5) is 26.5. The third kappa shape index (κ3) is 2.99. The van der Waals surface area contributed by atoms with Crippen LogP contribution in [0, 0.1) is 0 Å². The van der Waals surface area contributed by atoms with Crippen LogP contribution in [0.25, 0.3) is 0 Å². The van der Waals surface area contributed by atoms with Crippen LogP contribution in [0.4, 0.5) is 16.2 Å². The summed E-state index contributed by atoms with van der Waals surface area (Å²) in [7, 11) is 1.85. The van der Waals surface area contributed by atoms with Gasteiger partial charge in [-0.05, 0) is 30.2 Å². The first-order valence-corrected chi connectivity index (χ1v) is 7.79. The molecule has 1 saturated heterocycles. The lowest BCUT2D eigenvalue weighted by Crippen LogP contribution is -2.33. The second kappa shape index (κ2) is 6.38. The highest BCUT2D eigenvalue weighted by atomic mass is 16.6. The number of amides is 2. The van der Waals surface area contributed by atoms with E-state index in [1.807, 2.05) is 30.1 Å². The number of oxime groups is 1. The maximum Gasteiger partial charge on any atom is 0.414 e. The van der Waals surface area contributed by atoms with E-state index in [-0.39, 0.29) is 12.0 Å². The Labute approximate surface area is 139 Å². The zero-order valence-corrected chi connectivity index (χ0v) is 13.7. The van der Waals surface area contributed by atoms with Crippen molar-refractivity contribution in [3.05, 3.63) is 23.8 Å². The van der Waals surface area contributed by atoms with E-state index in [9.17, 15) is 9.59 Å². The number of fused-ring (bicyclic) bond motifs is 1. The molecule has 1 aromatic carbocycles. The standard InChI is InChI=1S/C16H20N4O4/c1-10(21)17-8-13-9-20(16(22)24-13)12-4-5-14-11(7-12)3-6-15(18-23)19(14)2/h4-5,7,13,23H,3,6,8-9H2,1-2H3,(H,17,21)/t13-/m0/s1. The average Bonchev–Trinajstić information content (AvgIpc) is 2.94. The number of aryl methyl sites for hydroxylation is 1. The van der Waals surface area contributed by atoms with E-state index in [1.54, 1.807) is 4.90 Å². The first-order chi connectivity index (χ1) is 11.5. The molecule has 0 spiro atoms. The van der Waals surface area contributed by atoms with Crippen LogP contribution in [-0.4, -0.2) is 49.3 Å². The van der Waals surface area contributed by atoms with Crippen molar-refractivity contribution in [2.75, 3.05) is 29.9 Å². The Bertz CT molecular complexity index is 703. The minimum Gasteiger partial charge on any atom is -0.442 e. The van der Waals surface area contributed by atoms with Gasteiger partial charge in [0.2, 0.25) is 5.91 Å². The molecule has 2 aliphatic heterocycles. The quantitative estimate of drug-likeness (QED) is 0.643. The van der Waals surface area contributed by atoms with Gasteiger partial charge >= 0.3 is 6.09 Å². The van der Waals surface area contributed by atoms with Gasteiger partial charge in [-0.25, -0.2) is 4.79 Å². The number of hydrogen-bond acceptors (Lipinski definition) is 5. The van der Waals surface area contributed by atoms with Crippen molar-refractivity contribution in [1.82, 2.24) is 5.32 Å². The van der Waals surface area contributed by atoms with Crippen LogP contribution in [0.1, 0.15) is 18.9 Å². The van der Waals surface area contributed by atoms with E-state index < -0.39 is 6.09 Å². The molecule has 1 atom stereocenters. The highest BCUT2D eigenvalue weighted by Crippen LogP contribution is 2.32. The number of hydrogen-bond donors (Lipinski definition) is 2. The third-order valence-corrected chi connectivity index (χ3v) is 4.31. The van der Waals surface area contributed by atoms with Gasteiger partial charge in [0.05, 0.1) is 13.1 Å². The smallest absolute Gasteiger partial charge is 0.414 e. The number of rotatable bonds is 3. The van der Waals surface area contributed by atoms with E-state index in [4.69, 9.17) is 9.94 Å². The number of benzene rings is 1. The summed E-state index contributed by atoms with van der Waals surface area (Å²) in [6.07, 6.45) is 0.616. The number of carbonyl (C=O) groups excluding carboxylic acids is 2. The monoisotopic (exact) mass is 332 g/mol. The van der Waals surface area contributed by atoms with Gasteiger partial charge in [-0.15, -0.1) is 0 Å². The molecule has 2 aliphatic rings. The molecule has 0 bridgehead atoms. The second-order valence-corrected chi connectivity index (χ2v) is 5.94. The Morgan fingerprint density at radius 2 is 2.25 bits per heavy atom. The lowest BCUT2D eigenvalue weighted by Gasteiger charge is -2.29. The fourth-order valence-corrected chi connectivity index (χ4v) is 3.03. The molecule has 2 N–H and O–H groups in total. The highest BCUT2D eigenvalue weighted by Gasteiger charge is 2.33. The minimum atomic E-state index is -0.410. The molecule has 0 aromatic heterocycles. The van der Waals surface area contributed by atoms with Crippen molar-refractivity contribution in [3.63, 3.8) is 0 Å². The van der Waals surface area contributed by atoms with E-state index in [0.717, 1.165) is 23.4 Å². The first kappa shape index (κ1) is 16.1. The van der Waals surface area contributed by atoms with Crippen LogP contribution in [-0.2, 0) is 16.0 Å².